The van der Waals surface area contributed by atoms with Gasteiger partial charge in [-0.1, -0.05) is 0 Å². The van der Waals surface area contributed by atoms with Crippen molar-refractivity contribution in [1.82, 2.24) is 4.98 Å². The normalized spacial score (nSPS) is 16.9. The van der Waals surface area contributed by atoms with Crippen LogP contribution >= 0.6 is 11.3 Å². The summed E-state index contributed by atoms with van der Waals surface area (Å²) >= 11 is 1.33. The molecule has 0 bridgehead atoms. The lowest BCUT2D eigenvalue weighted by Crippen LogP contribution is -2.37. The molecule has 0 N–H and O–H groups in total. The van der Waals surface area contributed by atoms with Gasteiger partial charge >= 0.3 is 0 Å². The molecular weight excluding hydrogens is 360 g/mol. The molecule has 136 valence electrons. The van der Waals surface area contributed by atoms with Gasteiger partial charge in [0.15, 0.2) is 5.13 Å². The molecule has 0 unspecified atom stereocenters. The predicted molar refractivity (Wildman–Crippen MR) is 94.4 cm³/mol. The van der Waals surface area contributed by atoms with Gasteiger partial charge in [-0.3, -0.25) is 14.5 Å². The maximum atomic E-state index is 14.0. The molecule has 1 saturated heterocycles. The molecule has 3 heterocycles. The van der Waals surface area contributed by atoms with E-state index < -0.39 is 11.6 Å². The van der Waals surface area contributed by atoms with Gasteiger partial charge in [0.1, 0.15) is 11.6 Å². The first kappa shape index (κ1) is 17.1. The quantitative estimate of drug-likeness (QED) is 0.826. The Balaban J connectivity index is 1.53. The Morgan fingerprint density at radius 3 is 2.77 bits per heavy atom. The highest BCUT2D eigenvalue weighted by atomic mass is 32.1. The smallest absolute Gasteiger partial charge is 0.233 e. The van der Waals surface area contributed by atoms with Crippen LogP contribution in [0.5, 0.6) is 0 Å². The molecule has 4 rings (SSSR count). The molecule has 0 spiro atoms. The first-order chi connectivity index (χ1) is 12.5. The van der Waals surface area contributed by atoms with E-state index in [0.717, 1.165) is 12.5 Å². The molecule has 2 aliphatic heterocycles. The maximum absolute atomic E-state index is 14.0. The van der Waals surface area contributed by atoms with E-state index in [2.05, 4.69) is 4.98 Å². The molecule has 0 aliphatic carbocycles. The van der Waals surface area contributed by atoms with Gasteiger partial charge in [-0.05, 0) is 25.3 Å². The average molecular weight is 377 g/mol. The molecular formula is C18H17F2N3O2S. The summed E-state index contributed by atoms with van der Waals surface area (Å²) in [6, 6.07) is 2.07. The maximum Gasteiger partial charge on any atom is 0.233 e. The third-order valence-electron chi connectivity index (χ3n) is 4.71. The van der Waals surface area contributed by atoms with Gasteiger partial charge in [-0.15, -0.1) is 11.3 Å². The van der Waals surface area contributed by atoms with Crippen molar-refractivity contribution in [3.8, 4) is 0 Å². The number of hydrogen-bond acceptors (Lipinski definition) is 4. The highest BCUT2D eigenvalue weighted by molar-refractivity contribution is 7.14. The van der Waals surface area contributed by atoms with Crippen LogP contribution in [-0.2, 0) is 22.4 Å². The Hall–Kier alpha value is -2.35. The van der Waals surface area contributed by atoms with Crippen LogP contribution in [0.1, 0.15) is 30.5 Å². The highest BCUT2D eigenvalue weighted by Gasteiger charge is 2.28. The summed E-state index contributed by atoms with van der Waals surface area (Å²) in [5.74, 6) is -1.50. The van der Waals surface area contributed by atoms with Crippen molar-refractivity contribution in [2.24, 2.45) is 0 Å². The fourth-order valence-electron chi connectivity index (χ4n) is 3.47. The lowest BCUT2D eigenvalue weighted by Gasteiger charge is -2.29. The van der Waals surface area contributed by atoms with Crippen LogP contribution in [-0.4, -0.2) is 29.9 Å². The molecule has 1 aromatic carbocycles. The minimum absolute atomic E-state index is 0.0378. The molecule has 1 fully saturated rings. The molecule has 5 nitrogen and oxygen atoms in total. The molecule has 0 atom stereocenters. The third-order valence-corrected chi connectivity index (χ3v) is 5.63. The number of fused-ring (bicyclic) bond motifs is 1. The Morgan fingerprint density at radius 1 is 1.19 bits per heavy atom. The molecule has 0 radical (unpaired) electrons. The second-order valence-corrected chi connectivity index (χ2v) is 7.32. The summed E-state index contributed by atoms with van der Waals surface area (Å²) in [5, 5.41) is 2.36. The number of benzene rings is 1. The molecule has 2 aromatic rings. The van der Waals surface area contributed by atoms with Crippen molar-refractivity contribution in [1.29, 1.82) is 0 Å². The van der Waals surface area contributed by atoms with E-state index in [1.807, 2.05) is 0 Å². The highest BCUT2D eigenvalue weighted by Crippen LogP contribution is 2.31. The molecule has 2 aliphatic rings. The van der Waals surface area contributed by atoms with Crippen molar-refractivity contribution in [3.05, 3.63) is 40.4 Å². The predicted octanol–water partition coefficient (Wildman–Crippen LogP) is 3.07. The second kappa shape index (κ2) is 6.75. The van der Waals surface area contributed by atoms with E-state index in [9.17, 15) is 18.4 Å². The van der Waals surface area contributed by atoms with Gasteiger partial charge < -0.3 is 4.90 Å². The third kappa shape index (κ3) is 3.09. The second-order valence-electron chi connectivity index (χ2n) is 6.48. The van der Waals surface area contributed by atoms with E-state index in [0.29, 0.717) is 54.4 Å². The van der Waals surface area contributed by atoms with Crippen molar-refractivity contribution in [2.75, 3.05) is 22.9 Å². The number of rotatable bonds is 3. The Kier molecular flexibility index (Phi) is 4.44. The molecule has 26 heavy (non-hydrogen) atoms. The topological polar surface area (TPSA) is 53.5 Å². The van der Waals surface area contributed by atoms with E-state index >= 15 is 0 Å². The zero-order chi connectivity index (χ0) is 18.3. The Bertz CT molecular complexity index is 883. The van der Waals surface area contributed by atoms with Crippen LogP contribution in [0, 0.1) is 11.6 Å². The van der Waals surface area contributed by atoms with Gasteiger partial charge in [0, 0.05) is 36.5 Å². The van der Waals surface area contributed by atoms with Gasteiger partial charge in [0.05, 0.1) is 17.8 Å². The first-order valence-corrected chi connectivity index (χ1v) is 9.44. The number of halogens is 2. The fraction of sp³-hybridized carbons (Fsp3) is 0.389. The Morgan fingerprint density at radius 2 is 2.00 bits per heavy atom. The fourth-order valence-corrected chi connectivity index (χ4v) is 4.34. The van der Waals surface area contributed by atoms with Crippen molar-refractivity contribution < 1.29 is 18.4 Å². The lowest BCUT2D eigenvalue weighted by atomic mass is 10.0. The van der Waals surface area contributed by atoms with Gasteiger partial charge in [0.2, 0.25) is 11.8 Å². The summed E-state index contributed by atoms with van der Waals surface area (Å²) in [7, 11) is 0. The first-order valence-electron chi connectivity index (χ1n) is 8.56. The zero-order valence-electron chi connectivity index (χ0n) is 14.0. The summed E-state index contributed by atoms with van der Waals surface area (Å²) in [6.45, 7) is 1.08. The van der Waals surface area contributed by atoms with E-state index in [4.69, 9.17) is 0 Å². The largest absolute Gasteiger partial charge is 0.312 e. The number of anilines is 2. The minimum atomic E-state index is -0.690. The number of nitrogens with zero attached hydrogens (tertiary/aromatic N) is 3. The Labute approximate surface area is 153 Å². The SMILES string of the molecule is O=C1CCCN1c1nc(CC(=O)N2CCCc3c(F)cc(F)cc32)cs1. The molecule has 8 heteroatoms. The average Bonchev–Trinajstić information content (AvgIpc) is 3.22. The van der Waals surface area contributed by atoms with Crippen molar-refractivity contribution in [3.63, 3.8) is 0 Å². The van der Waals surface area contributed by atoms with Crippen LogP contribution < -0.4 is 9.80 Å². The molecule has 0 saturated carbocycles. The van der Waals surface area contributed by atoms with Crippen LogP contribution in [0.2, 0.25) is 0 Å². The van der Waals surface area contributed by atoms with Crippen LogP contribution in [0.3, 0.4) is 0 Å². The van der Waals surface area contributed by atoms with Crippen LogP contribution in [0.15, 0.2) is 17.5 Å². The number of aromatic nitrogens is 1. The monoisotopic (exact) mass is 377 g/mol. The lowest BCUT2D eigenvalue weighted by molar-refractivity contribution is -0.118. The summed E-state index contributed by atoms with van der Waals surface area (Å²) in [6.07, 6.45) is 2.50. The molecule has 1 aromatic heterocycles. The number of hydrogen-bond donors (Lipinski definition) is 0. The number of carbonyl (C=O) groups is 2. The van der Waals surface area contributed by atoms with E-state index in [1.165, 1.54) is 22.3 Å². The zero-order valence-corrected chi connectivity index (χ0v) is 14.8. The number of amides is 2. The van der Waals surface area contributed by atoms with Crippen molar-refractivity contribution >= 4 is 34.0 Å². The van der Waals surface area contributed by atoms with Crippen molar-refractivity contribution in [2.45, 2.75) is 32.1 Å². The van der Waals surface area contributed by atoms with Gasteiger partial charge in [-0.25, -0.2) is 13.8 Å². The minimum Gasteiger partial charge on any atom is -0.312 e. The standard InChI is InChI=1S/C18H17F2N3O2S/c19-11-7-14(20)13-3-1-5-22(15(13)8-11)17(25)9-12-10-26-18(21-12)23-6-2-4-16(23)24/h7-8,10H,1-6,9H2. The summed E-state index contributed by atoms with van der Waals surface area (Å²) < 4.78 is 27.6. The van der Waals surface area contributed by atoms with E-state index in [-0.39, 0.29) is 18.2 Å². The summed E-state index contributed by atoms with van der Waals surface area (Å²) in [4.78, 5) is 32.0. The van der Waals surface area contributed by atoms with E-state index in [1.54, 1.807) is 10.3 Å². The molecule has 2 amide bonds. The van der Waals surface area contributed by atoms with Gasteiger partial charge in [-0.2, -0.15) is 0 Å². The number of thiazole rings is 1. The summed E-state index contributed by atoms with van der Waals surface area (Å²) in [5.41, 5.74) is 1.26. The number of carbonyl (C=O) groups excluding carboxylic acids is 2. The van der Waals surface area contributed by atoms with Gasteiger partial charge in [0.25, 0.3) is 0 Å². The van der Waals surface area contributed by atoms with Crippen LogP contribution in [0.25, 0.3) is 0 Å². The van der Waals surface area contributed by atoms with Crippen LogP contribution in [0.4, 0.5) is 19.6 Å².